The predicted molar refractivity (Wildman–Crippen MR) is 71.6 cm³/mol. The summed E-state index contributed by atoms with van der Waals surface area (Å²) in [6.45, 7) is 2.27. The van der Waals surface area contributed by atoms with E-state index >= 15 is 0 Å². The Hall–Kier alpha value is -0.550. The van der Waals surface area contributed by atoms with Crippen molar-refractivity contribution < 1.29 is 14.2 Å². The smallest absolute Gasteiger partial charge is 0.232 e. The molecule has 0 spiro atoms. The van der Waals surface area contributed by atoms with E-state index in [9.17, 15) is 0 Å². The molecule has 0 aliphatic rings. The molecule has 0 amide bonds. The zero-order valence-corrected chi connectivity index (χ0v) is 11.8. The molecule has 0 aromatic carbocycles. The van der Waals surface area contributed by atoms with Crippen molar-refractivity contribution in [2.75, 3.05) is 33.5 Å². The SMILES string of the molecule is COCCCOCCOc1ncc(CCl)cc1Cl. The van der Waals surface area contributed by atoms with Crippen molar-refractivity contribution in [2.45, 2.75) is 12.3 Å². The number of hydrogen-bond donors (Lipinski definition) is 0. The van der Waals surface area contributed by atoms with Gasteiger partial charge in [-0.25, -0.2) is 4.98 Å². The molecule has 0 aliphatic heterocycles. The highest BCUT2D eigenvalue weighted by molar-refractivity contribution is 6.32. The number of aromatic nitrogens is 1. The Bertz CT molecular complexity index is 350. The highest BCUT2D eigenvalue weighted by Crippen LogP contribution is 2.22. The van der Waals surface area contributed by atoms with Gasteiger partial charge in [0.15, 0.2) is 0 Å². The van der Waals surface area contributed by atoms with E-state index in [4.69, 9.17) is 37.4 Å². The molecule has 0 saturated heterocycles. The van der Waals surface area contributed by atoms with Gasteiger partial charge in [0, 0.05) is 32.4 Å². The van der Waals surface area contributed by atoms with Gasteiger partial charge in [0.2, 0.25) is 5.88 Å². The normalized spacial score (nSPS) is 10.6. The first-order valence-electron chi connectivity index (χ1n) is 5.67. The number of halogens is 2. The molecule has 18 heavy (non-hydrogen) atoms. The van der Waals surface area contributed by atoms with Gasteiger partial charge >= 0.3 is 0 Å². The van der Waals surface area contributed by atoms with E-state index in [0.717, 1.165) is 12.0 Å². The van der Waals surface area contributed by atoms with Crippen LogP contribution in [0.3, 0.4) is 0 Å². The molecule has 1 aromatic heterocycles. The summed E-state index contributed by atoms with van der Waals surface area (Å²) in [7, 11) is 1.67. The van der Waals surface area contributed by atoms with Crippen LogP contribution < -0.4 is 4.74 Å². The Kier molecular flexibility index (Phi) is 8.09. The molecule has 0 bridgehead atoms. The van der Waals surface area contributed by atoms with Crippen molar-refractivity contribution in [2.24, 2.45) is 0 Å². The first kappa shape index (κ1) is 15.5. The first-order chi connectivity index (χ1) is 8.77. The second-order valence-corrected chi connectivity index (χ2v) is 4.25. The number of ether oxygens (including phenoxy) is 3. The summed E-state index contributed by atoms with van der Waals surface area (Å²) in [6, 6.07) is 1.75. The average Bonchev–Trinajstić information content (AvgIpc) is 2.39. The Labute approximate surface area is 117 Å². The van der Waals surface area contributed by atoms with Crippen LogP contribution in [-0.2, 0) is 15.4 Å². The minimum atomic E-state index is 0.385. The second-order valence-electron chi connectivity index (χ2n) is 3.57. The van der Waals surface area contributed by atoms with Crippen LogP contribution in [0.25, 0.3) is 0 Å². The lowest BCUT2D eigenvalue weighted by atomic mass is 10.3. The van der Waals surface area contributed by atoms with Crippen molar-refractivity contribution in [3.63, 3.8) is 0 Å². The molecule has 1 rings (SSSR count). The highest BCUT2D eigenvalue weighted by atomic mass is 35.5. The average molecular weight is 294 g/mol. The lowest BCUT2D eigenvalue weighted by Crippen LogP contribution is -2.09. The van der Waals surface area contributed by atoms with Gasteiger partial charge in [0.25, 0.3) is 0 Å². The molecule has 1 heterocycles. The number of pyridine rings is 1. The Morgan fingerprint density at radius 3 is 2.72 bits per heavy atom. The third kappa shape index (κ3) is 5.87. The number of methoxy groups -OCH3 is 1. The molecule has 0 unspecified atom stereocenters. The minimum Gasteiger partial charge on any atom is -0.474 e. The molecule has 4 nitrogen and oxygen atoms in total. The third-order valence-corrected chi connectivity index (χ3v) is 2.70. The maximum absolute atomic E-state index is 5.99. The summed E-state index contributed by atoms with van der Waals surface area (Å²) in [5.74, 6) is 0.793. The summed E-state index contributed by atoms with van der Waals surface area (Å²) < 4.78 is 15.7. The summed E-state index contributed by atoms with van der Waals surface area (Å²) in [4.78, 5) is 4.08. The molecule has 0 fully saturated rings. The van der Waals surface area contributed by atoms with E-state index in [1.54, 1.807) is 19.4 Å². The number of hydrogen-bond acceptors (Lipinski definition) is 4. The molecular formula is C12H17Cl2NO3. The van der Waals surface area contributed by atoms with Gasteiger partial charge < -0.3 is 14.2 Å². The van der Waals surface area contributed by atoms with Crippen molar-refractivity contribution in [3.05, 3.63) is 22.8 Å². The molecule has 0 aliphatic carbocycles. The van der Waals surface area contributed by atoms with Gasteiger partial charge in [0.05, 0.1) is 6.61 Å². The second kappa shape index (κ2) is 9.39. The fraction of sp³-hybridized carbons (Fsp3) is 0.583. The van der Waals surface area contributed by atoms with E-state index < -0.39 is 0 Å². The quantitative estimate of drug-likeness (QED) is 0.518. The Morgan fingerprint density at radius 2 is 2.06 bits per heavy atom. The van der Waals surface area contributed by atoms with Crippen molar-refractivity contribution in [1.29, 1.82) is 0 Å². The van der Waals surface area contributed by atoms with Crippen LogP contribution >= 0.6 is 23.2 Å². The van der Waals surface area contributed by atoms with E-state index in [1.807, 2.05) is 0 Å². The molecule has 0 saturated carbocycles. The Morgan fingerprint density at radius 1 is 1.22 bits per heavy atom. The van der Waals surface area contributed by atoms with Crippen LogP contribution in [0, 0.1) is 0 Å². The number of rotatable bonds is 9. The maximum atomic E-state index is 5.99. The van der Waals surface area contributed by atoms with Gasteiger partial charge in [-0.05, 0) is 18.1 Å². The summed E-state index contributed by atoms with van der Waals surface area (Å²) in [5, 5.41) is 0.465. The molecule has 0 N–H and O–H groups in total. The first-order valence-corrected chi connectivity index (χ1v) is 6.59. The summed E-state index contributed by atoms with van der Waals surface area (Å²) in [6.07, 6.45) is 2.52. The third-order valence-electron chi connectivity index (χ3n) is 2.12. The van der Waals surface area contributed by atoms with Crippen LogP contribution in [0.15, 0.2) is 12.3 Å². The summed E-state index contributed by atoms with van der Waals surface area (Å²) in [5.41, 5.74) is 0.866. The van der Waals surface area contributed by atoms with Gasteiger partial charge in [-0.2, -0.15) is 0 Å². The van der Waals surface area contributed by atoms with E-state index in [1.165, 1.54) is 0 Å². The Balaban J connectivity index is 2.19. The predicted octanol–water partition coefficient (Wildman–Crippen LogP) is 2.91. The zero-order valence-electron chi connectivity index (χ0n) is 10.3. The van der Waals surface area contributed by atoms with Crippen molar-refractivity contribution in [3.8, 4) is 5.88 Å². The van der Waals surface area contributed by atoms with E-state index in [2.05, 4.69) is 4.98 Å². The van der Waals surface area contributed by atoms with Crippen LogP contribution in [-0.4, -0.2) is 38.5 Å². The van der Waals surface area contributed by atoms with Gasteiger partial charge in [-0.1, -0.05) is 11.6 Å². The molecule has 0 atom stereocenters. The van der Waals surface area contributed by atoms with Gasteiger partial charge in [-0.15, -0.1) is 11.6 Å². The fourth-order valence-corrected chi connectivity index (χ4v) is 1.64. The number of nitrogens with zero attached hydrogens (tertiary/aromatic N) is 1. The molecule has 6 heteroatoms. The number of alkyl halides is 1. The summed E-state index contributed by atoms with van der Waals surface area (Å²) >= 11 is 11.7. The monoisotopic (exact) mass is 293 g/mol. The highest BCUT2D eigenvalue weighted by Gasteiger charge is 2.04. The van der Waals surface area contributed by atoms with Gasteiger partial charge in [0.1, 0.15) is 11.6 Å². The molecular weight excluding hydrogens is 277 g/mol. The van der Waals surface area contributed by atoms with Crippen LogP contribution in [0.5, 0.6) is 5.88 Å². The topological polar surface area (TPSA) is 40.6 Å². The molecule has 102 valence electrons. The lowest BCUT2D eigenvalue weighted by molar-refractivity contribution is 0.0796. The van der Waals surface area contributed by atoms with Gasteiger partial charge in [-0.3, -0.25) is 0 Å². The standard InChI is InChI=1S/C12H17Cl2NO3/c1-16-3-2-4-17-5-6-18-12-11(14)7-10(8-13)9-15-12/h7,9H,2-6,8H2,1H3. The molecule has 1 aromatic rings. The van der Waals surface area contributed by atoms with Crippen molar-refractivity contribution in [1.82, 2.24) is 4.98 Å². The van der Waals surface area contributed by atoms with Crippen LogP contribution in [0.1, 0.15) is 12.0 Å². The van der Waals surface area contributed by atoms with Crippen LogP contribution in [0.2, 0.25) is 5.02 Å². The largest absolute Gasteiger partial charge is 0.474 e. The van der Waals surface area contributed by atoms with E-state index in [0.29, 0.717) is 43.2 Å². The van der Waals surface area contributed by atoms with Crippen LogP contribution in [0.4, 0.5) is 0 Å². The molecule has 0 radical (unpaired) electrons. The van der Waals surface area contributed by atoms with E-state index in [-0.39, 0.29) is 0 Å². The fourth-order valence-electron chi connectivity index (χ4n) is 1.25. The maximum Gasteiger partial charge on any atom is 0.232 e. The lowest BCUT2D eigenvalue weighted by Gasteiger charge is -2.08. The minimum absolute atomic E-state index is 0.385. The zero-order chi connectivity index (χ0) is 13.2. The van der Waals surface area contributed by atoms with Crippen molar-refractivity contribution >= 4 is 23.2 Å².